The Balaban J connectivity index is 1.94. The van der Waals surface area contributed by atoms with Crippen molar-refractivity contribution in [2.24, 2.45) is 11.8 Å². The van der Waals surface area contributed by atoms with E-state index in [1.54, 1.807) is 0 Å². The molecule has 0 saturated carbocycles. The molecule has 134 valence electrons. The number of nitrogens with zero attached hydrogens (tertiary/aromatic N) is 1. The fraction of sp³-hybridized carbons (Fsp3) is 0.650. The molecule has 1 heterocycles. The van der Waals surface area contributed by atoms with Gasteiger partial charge in [-0.1, -0.05) is 39.0 Å². The summed E-state index contributed by atoms with van der Waals surface area (Å²) in [6.07, 6.45) is 3.07. The predicted molar refractivity (Wildman–Crippen MR) is 98.1 cm³/mol. The van der Waals surface area contributed by atoms with Gasteiger partial charge in [0.15, 0.2) is 0 Å². The van der Waals surface area contributed by atoms with Crippen LogP contribution in [-0.4, -0.2) is 37.0 Å². The predicted octanol–water partition coefficient (Wildman–Crippen LogP) is 3.46. The van der Waals surface area contributed by atoms with Gasteiger partial charge in [-0.05, 0) is 37.8 Å². The third-order valence-electron chi connectivity index (χ3n) is 4.36. The number of rotatable bonds is 8. The molecular formula is C20H32N2O2. The minimum absolute atomic E-state index is 0.119. The van der Waals surface area contributed by atoms with Crippen molar-refractivity contribution in [3.05, 3.63) is 29.8 Å². The monoisotopic (exact) mass is 332 g/mol. The highest BCUT2D eigenvalue weighted by atomic mass is 16.5. The Kier molecular flexibility index (Phi) is 7.57. The molecule has 0 spiro atoms. The van der Waals surface area contributed by atoms with E-state index in [1.807, 2.05) is 12.1 Å². The Morgan fingerprint density at radius 1 is 1.38 bits per heavy atom. The lowest BCUT2D eigenvalue weighted by atomic mass is 9.96. The molecule has 1 aromatic rings. The number of piperidine rings is 1. The van der Waals surface area contributed by atoms with E-state index in [0.717, 1.165) is 57.8 Å². The molecule has 1 atom stereocenters. The normalized spacial score (nSPS) is 18.6. The second-order valence-corrected chi connectivity index (χ2v) is 7.18. The van der Waals surface area contributed by atoms with Gasteiger partial charge in [-0.3, -0.25) is 9.69 Å². The van der Waals surface area contributed by atoms with E-state index in [1.165, 1.54) is 5.56 Å². The number of ether oxygens (including phenoxy) is 1. The minimum Gasteiger partial charge on any atom is -0.493 e. The first kappa shape index (κ1) is 18.8. The van der Waals surface area contributed by atoms with Gasteiger partial charge in [-0.25, -0.2) is 0 Å². The van der Waals surface area contributed by atoms with E-state index < -0.39 is 0 Å². The Hall–Kier alpha value is -1.55. The highest BCUT2D eigenvalue weighted by Crippen LogP contribution is 2.24. The molecule has 0 unspecified atom stereocenters. The van der Waals surface area contributed by atoms with E-state index in [9.17, 15) is 4.79 Å². The summed E-state index contributed by atoms with van der Waals surface area (Å²) < 4.78 is 5.96. The minimum atomic E-state index is 0.119. The number of carbonyl (C=O) groups is 1. The van der Waals surface area contributed by atoms with Crippen molar-refractivity contribution in [3.8, 4) is 5.75 Å². The molecule has 4 nitrogen and oxygen atoms in total. The zero-order valence-corrected chi connectivity index (χ0v) is 15.4. The summed E-state index contributed by atoms with van der Waals surface area (Å²) >= 11 is 0. The van der Waals surface area contributed by atoms with Gasteiger partial charge in [-0.2, -0.15) is 0 Å². The van der Waals surface area contributed by atoms with Crippen LogP contribution in [0, 0.1) is 11.8 Å². The van der Waals surface area contributed by atoms with Gasteiger partial charge >= 0.3 is 0 Å². The van der Waals surface area contributed by atoms with Gasteiger partial charge in [0, 0.05) is 25.2 Å². The molecule has 1 aliphatic rings. The van der Waals surface area contributed by atoms with Crippen LogP contribution < -0.4 is 10.1 Å². The molecule has 2 rings (SSSR count). The number of hydrogen-bond acceptors (Lipinski definition) is 3. The van der Waals surface area contributed by atoms with E-state index in [2.05, 4.69) is 43.1 Å². The average Bonchev–Trinajstić information content (AvgIpc) is 2.59. The van der Waals surface area contributed by atoms with Crippen molar-refractivity contribution < 1.29 is 9.53 Å². The quantitative estimate of drug-likeness (QED) is 0.793. The number of hydrogen-bond donors (Lipinski definition) is 1. The lowest BCUT2D eigenvalue weighted by Gasteiger charge is -2.32. The molecule has 0 bridgehead atoms. The summed E-state index contributed by atoms with van der Waals surface area (Å²) in [6, 6.07) is 8.27. The Bertz CT molecular complexity index is 516. The standard InChI is InChI=1S/C20H32N2O2/c1-4-11-21-20(23)18-9-7-12-22(14-18)13-17-8-5-6-10-19(17)24-15-16(2)3/h5-6,8,10,16,18H,4,7,9,11-15H2,1-3H3,(H,21,23)/t18-/m1/s1. The number of likely N-dealkylation sites (tertiary alicyclic amines) is 1. The average molecular weight is 332 g/mol. The third-order valence-corrected chi connectivity index (χ3v) is 4.36. The second kappa shape index (κ2) is 9.67. The second-order valence-electron chi connectivity index (χ2n) is 7.18. The Morgan fingerprint density at radius 3 is 2.92 bits per heavy atom. The first-order valence-electron chi connectivity index (χ1n) is 9.31. The maximum absolute atomic E-state index is 12.2. The third kappa shape index (κ3) is 5.82. The van der Waals surface area contributed by atoms with E-state index in [0.29, 0.717) is 5.92 Å². The first-order chi connectivity index (χ1) is 11.6. The van der Waals surface area contributed by atoms with Gasteiger partial charge < -0.3 is 10.1 Å². The molecule has 1 amide bonds. The summed E-state index contributed by atoms with van der Waals surface area (Å²) in [5.41, 5.74) is 1.22. The van der Waals surface area contributed by atoms with Crippen LogP contribution in [0.3, 0.4) is 0 Å². The number of benzene rings is 1. The van der Waals surface area contributed by atoms with Gasteiger partial charge in [0.2, 0.25) is 5.91 Å². The lowest BCUT2D eigenvalue weighted by Crippen LogP contribution is -2.42. The maximum Gasteiger partial charge on any atom is 0.224 e. The summed E-state index contributed by atoms with van der Waals surface area (Å²) in [5.74, 6) is 1.82. The number of para-hydroxylation sites is 1. The highest BCUT2D eigenvalue weighted by molar-refractivity contribution is 5.78. The van der Waals surface area contributed by atoms with Crippen molar-refractivity contribution >= 4 is 5.91 Å². The number of carbonyl (C=O) groups excluding carboxylic acids is 1. The van der Waals surface area contributed by atoms with Crippen molar-refractivity contribution in [1.29, 1.82) is 0 Å². The van der Waals surface area contributed by atoms with Gasteiger partial charge in [-0.15, -0.1) is 0 Å². The van der Waals surface area contributed by atoms with E-state index >= 15 is 0 Å². The van der Waals surface area contributed by atoms with Crippen molar-refractivity contribution in [1.82, 2.24) is 10.2 Å². The van der Waals surface area contributed by atoms with E-state index in [-0.39, 0.29) is 11.8 Å². The molecule has 24 heavy (non-hydrogen) atoms. The van der Waals surface area contributed by atoms with Crippen molar-refractivity contribution in [3.63, 3.8) is 0 Å². The Morgan fingerprint density at radius 2 is 2.17 bits per heavy atom. The van der Waals surface area contributed by atoms with Gasteiger partial charge in [0.1, 0.15) is 5.75 Å². The highest BCUT2D eigenvalue weighted by Gasteiger charge is 2.25. The topological polar surface area (TPSA) is 41.6 Å². The molecule has 1 aromatic carbocycles. The van der Waals surface area contributed by atoms with Crippen molar-refractivity contribution in [2.45, 2.75) is 46.6 Å². The number of amides is 1. The van der Waals surface area contributed by atoms with Crippen LogP contribution in [0.4, 0.5) is 0 Å². The summed E-state index contributed by atoms with van der Waals surface area (Å²) in [5, 5.41) is 3.04. The van der Waals surface area contributed by atoms with Crippen LogP contribution in [-0.2, 0) is 11.3 Å². The molecule has 0 aromatic heterocycles. The smallest absolute Gasteiger partial charge is 0.224 e. The van der Waals surface area contributed by atoms with E-state index in [4.69, 9.17) is 4.74 Å². The van der Waals surface area contributed by atoms with Gasteiger partial charge in [0.25, 0.3) is 0 Å². The summed E-state index contributed by atoms with van der Waals surface area (Å²) in [4.78, 5) is 14.6. The molecule has 1 saturated heterocycles. The van der Waals surface area contributed by atoms with Crippen LogP contribution in [0.15, 0.2) is 24.3 Å². The zero-order chi connectivity index (χ0) is 17.4. The number of nitrogens with one attached hydrogen (secondary N) is 1. The molecule has 4 heteroatoms. The summed E-state index contributed by atoms with van der Waals surface area (Å²) in [6.45, 7) is 10.7. The molecule has 1 fully saturated rings. The van der Waals surface area contributed by atoms with Crippen LogP contribution in [0.2, 0.25) is 0 Å². The molecule has 1 aliphatic heterocycles. The molecular weight excluding hydrogens is 300 g/mol. The van der Waals surface area contributed by atoms with Crippen molar-refractivity contribution in [2.75, 3.05) is 26.2 Å². The fourth-order valence-electron chi connectivity index (χ4n) is 3.08. The molecule has 0 aliphatic carbocycles. The van der Waals surface area contributed by atoms with Crippen LogP contribution in [0.25, 0.3) is 0 Å². The zero-order valence-electron chi connectivity index (χ0n) is 15.4. The largest absolute Gasteiger partial charge is 0.493 e. The maximum atomic E-state index is 12.2. The Labute approximate surface area is 146 Å². The van der Waals surface area contributed by atoms with Crippen LogP contribution in [0.1, 0.15) is 45.6 Å². The first-order valence-corrected chi connectivity index (χ1v) is 9.31. The summed E-state index contributed by atoms with van der Waals surface area (Å²) in [7, 11) is 0. The van der Waals surface area contributed by atoms with Gasteiger partial charge in [0.05, 0.1) is 12.5 Å². The van der Waals surface area contributed by atoms with Crippen LogP contribution >= 0.6 is 0 Å². The fourth-order valence-corrected chi connectivity index (χ4v) is 3.08. The van der Waals surface area contributed by atoms with Crippen LogP contribution in [0.5, 0.6) is 5.75 Å². The molecule has 1 N–H and O–H groups in total. The molecule has 0 radical (unpaired) electrons. The SMILES string of the molecule is CCCNC(=O)[C@@H]1CCCN(Cc2ccccc2OCC(C)C)C1. The lowest BCUT2D eigenvalue weighted by molar-refractivity contribution is -0.126.